The molecule has 3 heteroatoms. The fourth-order valence-corrected chi connectivity index (χ4v) is 2.72. The highest BCUT2D eigenvalue weighted by molar-refractivity contribution is 5.71. The maximum absolute atomic E-state index is 14.1. The highest BCUT2D eigenvalue weighted by atomic mass is 19.2. The summed E-state index contributed by atoms with van der Waals surface area (Å²) in [4.78, 5) is 0. The van der Waals surface area contributed by atoms with E-state index in [2.05, 4.69) is 0 Å². The van der Waals surface area contributed by atoms with E-state index in [1.807, 2.05) is 13.0 Å². The van der Waals surface area contributed by atoms with E-state index < -0.39 is 11.6 Å². The largest absolute Gasteiger partial charge is 0.207 e. The molecule has 3 aromatic rings. The first-order chi connectivity index (χ1) is 11.5. The van der Waals surface area contributed by atoms with Crippen LogP contribution in [0.1, 0.15) is 18.1 Å². The highest BCUT2D eigenvalue weighted by Gasteiger charge is 2.12. The zero-order chi connectivity index (χ0) is 17.3. The molecule has 0 heterocycles. The summed E-state index contributed by atoms with van der Waals surface area (Å²) in [6, 6.07) is 15.3. The molecule has 0 aromatic heterocycles. The number of halogens is 3. The Morgan fingerprint density at radius 1 is 0.708 bits per heavy atom. The van der Waals surface area contributed by atoms with Crippen LogP contribution in [-0.2, 0) is 6.42 Å². The third kappa shape index (κ3) is 2.94. The van der Waals surface area contributed by atoms with Gasteiger partial charge in [-0.2, -0.15) is 0 Å². The second-order valence-electron chi connectivity index (χ2n) is 5.80. The van der Waals surface area contributed by atoms with Gasteiger partial charge in [0.25, 0.3) is 0 Å². The normalized spacial score (nSPS) is 10.9. The fraction of sp³-hybridized carbons (Fsp3) is 0.143. The molecule has 0 radical (unpaired) electrons. The van der Waals surface area contributed by atoms with E-state index in [1.54, 1.807) is 42.5 Å². The first kappa shape index (κ1) is 16.3. The van der Waals surface area contributed by atoms with Crippen LogP contribution in [0.15, 0.2) is 54.6 Å². The monoisotopic (exact) mass is 326 g/mol. The quantitative estimate of drug-likeness (QED) is 0.529. The lowest BCUT2D eigenvalue weighted by atomic mass is 9.98. The Morgan fingerprint density at radius 3 is 1.96 bits per heavy atom. The van der Waals surface area contributed by atoms with Gasteiger partial charge in [-0.25, -0.2) is 13.2 Å². The van der Waals surface area contributed by atoms with Crippen molar-refractivity contribution in [3.05, 3.63) is 83.2 Å². The average Bonchev–Trinajstić information content (AvgIpc) is 2.60. The maximum Gasteiger partial charge on any atom is 0.166 e. The van der Waals surface area contributed by atoms with Gasteiger partial charge in [-0.3, -0.25) is 0 Å². The number of hydrogen-bond donors (Lipinski definition) is 0. The van der Waals surface area contributed by atoms with Crippen molar-refractivity contribution in [1.82, 2.24) is 0 Å². The van der Waals surface area contributed by atoms with Crippen LogP contribution in [0.5, 0.6) is 0 Å². The Labute approximate surface area is 139 Å². The number of benzene rings is 3. The van der Waals surface area contributed by atoms with E-state index in [0.717, 1.165) is 11.1 Å². The summed E-state index contributed by atoms with van der Waals surface area (Å²) >= 11 is 0. The van der Waals surface area contributed by atoms with Gasteiger partial charge in [0.05, 0.1) is 0 Å². The van der Waals surface area contributed by atoms with Crippen molar-refractivity contribution in [2.75, 3.05) is 0 Å². The molecule has 0 aliphatic rings. The van der Waals surface area contributed by atoms with Crippen molar-refractivity contribution in [2.45, 2.75) is 20.3 Å². The first-order valence-electron chi connectivity index (χ1n) is 7.85. The lowest BCUT2D eigenvalue weighted by Gasteiger charge is -2.09. The number of aryl methyl sites for hydroxylation is 2. The van der Waals surface area contributed by atoms with Crippen LogP contribution in [0, 0.1) is 24.4 Å². The van der Waals surface area contributed by atoms with Crippen molar-refractivity contribution < 1.29 is 13.2 Å². The van der Waals surface area contributed by atoms with Crippen LogP contribution in [0.3, 0.4) is 0 Å². The standard InChI is InChI=1S/C21H17F3/c1-3-14-5-10-17(12-19(14)22)15-6-8-16(9-7-15)18-11-4-13(2)20(23)21(18)24/h4-12H,3H2,1-2H3. The van der Waals surface area contributed by atoms with Crippen molar-refractivity contribution >= 4 is 0 Å². The van der Waals surface area contributed by atoms with Crippen LogP contribution in [-0.4, -0.2) is 0 Å². The predicted octanol–water partition coefficient (Wildman–Crippen LogP) is 6.31. The van der Waals surface area contributed by atoms with E-state index in [1.165, 1.54) is 13.0 Å². The third-order valence-corrected chi connectivity index (χ3v) is 4.24. The van der Waals surface area contributed by atoms with Crippen LogP contribution in [0.2, 0.25) is 0 Å². The van der Waals surface area contributed by atoms with Crippen LogP contribution in [0.25, 0.3) is 22.3 Å². The van der Waals surface area contributed by atoms with Crippen molar-refractivity contribution in [1.29, 1.82) is 0 Å². The molecular weight excluding hydrogens is 309 g/mol. The molecule has 0 aliphatic heterocycles. The molecule has 3 aromatic carbocycles. The second kappa shape index (κ2) is 6.52. The molecule has 3 rings (SSSR count). The molecule has 0 aliphatic carbocycles. The van der Waals surface area contributed by atoms with Gasteiger partial charge < -0.3 is 0 Å². The van der Waals surface area contributed by atoms with Crippen LogP contribution in [0.4, 0.5) is 13.2 Å². The lowest BCUT2D eigenvalue weighted by Crippen LogP contribution is -1.93. The summed E-state index contributed by atoms with van der Waals surface area (Å²) in [5.74, 6) is -1.90. The highest BCUT2D eigenvalue weighted by Crippen LogP contribution is 2.29. The third-order valence-electron chi connectivity index (χ3n) is 4.24. The second-order valence-corrected chi connectivity index (χ2v) is 5.80. The zero-order valence-electron chi connectivity index (χ0n) is 13.5. The molecule has 122 valence electrons. The molecule has 0 fully saturated rings. The lowest BCUT2D eigenvalue weighted by molar-refractivity contribution is 0.505. The summed E-state index contributed by atoms with van der Waals surface area (Å²) < 4.78 is 41.7. The fourth-order valence-electron chi connectivity index (χ4n) is 2.72. The zero-order valence-corrected chi connectivity index (χ0v) is 13.5. The van der Waals surface area contributed by atoms with Crippen molar-refractivity contribution in [3.8, 4) is 22.3 Å². The van der Waals surface area contributed by atoms with Crippen LogP contribution < -0.4 is 0 Å². The Kier molecular flexibility index (Phi) is 4.43. The van der Waals surface area contributed by atoms with E-state index in [0.29, 0.717) is 17.5 Å². The summed E-state index contributed by atoms with van der Waals surface area (Å²) in [5, 5.41) is 0. The van der Waals surface area contributed by atoms with Gasteiger partial charge in [0.1, 0.15) is 5.82 Å². The molecular formula is C21H17F3. The smallest absolute Gasteiger partial charge is 0.166 e. The minimum atomic E-state index is -0.846. The van der Waals surface area contributed by atoms with Gasteiger partial charge in [0.15, 0.2) is 11.6 Å². The maximum atomic E-state index is 14.1. The molecule has 0 nitrogen and oxygen atoms in total. The summed E-state index contributed by atoms with van der Waals surface area (Å²) in [6.07, 6.45) is 0.642. The van der Waals surface area contributed by atoms with Gasteiger partial charge in [0.2, 0.25) is 0 Å². The topological polar surface area (TPSA) is 0 Å². The average molecular weight is 326 g/mol. The van der Waals surface area contributed by atoms with Gasteiger partial charge >= 0.3 is 0 Å². The Morgan fingerprint density at radius 2 is 1.33 bits per heavy atom. The van der Waals surface area contributed by atoms with Gasteiger partial charge in [-0.15, -0.1) is 0 Å². The summed E-state index contributed by atoms with van der Waals surface area (Å²) in [7, 11) is 0. The van der Waals surface area contributed by atoms with E-state index >= 15 is 0 Å². The molecule has 0 bridgehead atoms. The molecule has 0 saturated heterocycles. The molecule has 0 spiro atoms. The molecule has 0 saturated carbocycles. The summed E-state index contributed by atoms with van der Waals surface area (Å²) in [6.45, 7) is 3.43. The molecule has 0 amide bonds. The van der Waals surface area contributed by atoms with Crippen molar-refractivity contribution in [3.63, 3.8) is 0 Å². The Hall–Kier alpha value is -2.55. The molecule has 0 N–H and O–H groups in total. The summed E-state index contributed by atoms with van der Waals surface area (Å²) in [5.41, 5.74) is 3.34. The van der Waals surface area contributed by atoms with E-state index in [4.69, 9.17) is 0 Å². The number of hydrogen-bond acceptors (Lipinski definition) is 0. The molecule has 0 atom stereocenters. The predicted molar refractivity (Wildman–Crippen MR) is 91.3 cm³/mol. The van der Waals surface area contributed by atoms with Gasteiger partial charge in [-0.1, -0.05) is 55.5 Å². The minimum absolute atomic E-state index is 0.220. The van der Waals surface area contributed by atoms with Crippen molar-refractivity contribution in [2.24, 2.45) is 0 Å². The molecule has 0 unspecified atom stereocenters. The Bertz CT molecular complexity index is 880. The molecule has 24 heavy (non-hydrogen) atoms. The van der Waals surface area contributed by atoms with Gasteiger partial charge in [-0.05, 0) is 47.2 Å². The Balaban J connectivity index is 1.97. The van der Waals surface area contributed by atoms with E-state index in [-0.39, 0.29) is 16.9 Å². The minimum Gasteiger partial charge on any atom is -0.207 e. The van der Waals surface area contributed by atoms with E-state index in [9.17, 15) is 13.2 Å². The SMILES string of the molecule is CCc1ccc(-c2ccc(-c3ccc(C)c(F)c3F)cc2)cc1F. The van der Waals surface area contributed by atoms with Crippen LogP contribution >= 0.6 is 0 Å². The van der Waals surface area contributed by atoms with Gasteiger partial charge in [0, 0.05) is 5.56 Å². The number of rotatable bonds is 3. The first-order valence-corrected chi connectivity index (χ1v) is 7.85.